The number of hydrogen-bond acceptors (Lipinski definition) is 6. The highest BCUT2D eigenvalue weighted by Gasteiger charge is 2.63. The van der Waals surface area contributed by atoms with Gasteiger partial charge in [-0.3, -0.25) is 9.59 Å². The molecule has 0 bridgehead atoms. The van der Waals surface area contributed by atoms with Gasteiger partial charge in [-0.25, -0.2) is 0 Å². The van der Waals surface area contributed by atoms with E-state index in [1.165, 1.54) is 0 Å². The first-order chi connectivity index (χ1) is 14.9. The summed E-state index contributed by atoms with van der Waals surface area (Å²) in [5, 5.41) is 13.2. The number of β-lactam (4-membered cyclic amide) rings is 1. The van der Waals surface area contributed by atoms with Crippen molar-refractivity contribution in [3.8, 4) is 5.75 Å². The number of hydrogen-bond donors (Lipinski definition) is 2. The Morgan fingerprint density at radius 1 is 1.16 bits per heavy atom. The van der Waals surface area contributed by atoms with Gasteiger partial charge in [0, 0.05) is 4.75 Å². The van der Waals surface area contributed by atoms with Crippen LogP contribution < -0.4 is 10.1 Å². The van der Waals surface area contributed by atoms with E-state index in [4.69, 9.17) is 9.47 Å². The topological polar surface area (TPSA) is 88.1 Å². The van der Waals surface area contributed by atoms with Crippen LogP contribution in [0.15, 0.2) is 60.7 Å². The molecular weight excluding hydrogens is 416 g/mol. The molecule has 2 aromatic carbocycles. The molecule has 164 valence electrons. The molecule has 4 rings (SSSR count). The number of nitrogens with one attached hydrogen (secondary N) is 1. The number of amides is 2. The van der Waals surface area contributed by atoms with Crippen LogP contribution in [0.1, 0.15) is 19.4 Å². The maximum absolute atomic E-state index is 12.8. The number of carbonyl (C=O) groups excluding carboxylic acids is 2. The second-order valence-corrected chi connectivity index (χ2v) is 9.91. The minimum absolute atomic E-state index is 0.166. The molecule has 2 heterocycles. The van der Waals surface area contributed by atoms with Crippen LogP contribution in [0.2, 0.25) is 0 Å². The number of fused-ring (bicyclic) bond motifs is 1. The average molecular weight is 443 g/mol. The highest BCUT2D eigenvalue weighted by atomic mass is 32.2. The van der Waals surface area contributed by atoms with Crippen molar-refractivity contribution in [2.75, 3.05) is 6.61 Å². The lowest BCUT2D eigenvalue weighted by atomic mass is 9.95. The molecule has 7 nitrogen and oxygen atoms in total. The Balaban J connectivity index is 1.34. The molecule has 2 amide bonds. The van der Waals surface area contributed by atoms with E-state index in [9.17, 15) is 14.7 Å². The molecule has 0 aromatic heterocycles. The predicted octanol–water partition coefficient (Wildman–Crippen LogP) is 2.15. The number of nitrogens with zero attached hydrogens (tertiary/aromatic N) is 1. The molecule has 8 heteroatoms. The van der Waals surface area contributed by atoms with Gasteiger partial charge in [0.2, 0.25) is 5.91 Å². The first-order valence-corrected chi connectivity index (χ1v) is 11.1. The molecule has 2 fully saturated rings. The second-order valence-electron chi connectivity index (χ2n) is 8.14. The molecule has 0 saturated carbocycles. The number of para-hydroxylation sites is 1. The highest BCUT2D eigenvalue weighted by molar-refractivity contribution is 8.01. The van der Waals surface area contributed by atoms with Crippen LogP contribution in [0.25, 0.3) is 0 Å². The first kappa shape index (κ1) is 21.7. The lowest BCUT2D eigenvalue weighted by Gasteiger charge is -2.45. The Labute approximate surface area is 185 Å². The molecule has 2 aliphatic heterocycles. The number of rotatable bonds is 8. The number of ether oxygens (including phenoxy) is 2. The fourth-order valence-electron chi connectivity index (χ4n) is 3.96. The van der Waals surface area contributed by atoms with Crippen molar-refractivity contribution in [1.82, 2.24) is 10.2 Å². The van der Waals surface area contributed by atoms with E-state index in [-0.39, 0.29) is 30.4 Å². The van der Waals surface area contributed by atoms with Crippen molar-refractivity contribution in [3.63, 3.8) is 0 Å². The van der Waals surface area contributed by atoms with Gasteiger partial charge in [0.1, 0.15) is 17.2 Å². The summed E-state index contributed by atoms with van der Waals surface area (Å²) >= 11 is 1.55. The lowest BCUT2D eigenvalue weighted by molar-refractivity contribution is -0.182. The van der Waals surface area contributed by atoms with E-state index in [1.807, 2.05) is 62.4 Å². The maximum atomic E-state index is 12.8. The lowest BCUT2D eigenvalue weighted by Crippen LogP contribution is -2.71. The van der Waals surface area contributed by atoms with E-state index in [0.29, 0.717) is 5.75 Å². The van der Waals surface area contributed by atoms with Crippen LogP contribution >= 0.6 is 11.8 Å². The van der Waals surface area contributed by atoms with Crippen molar-refractivity contribution >= 4 is 23.6 Å². The van der Waals surface area contributed by atoms with Crippen LogP contribution in [0.5, 0.6) is 5.75 Å². The van der Waals surface area contributed by atoms with Gasteiger partial charge >= 0.3 is 0 Å². The van der Waals surface area contributed by atoms with Crippen molar-refractivity contribution < 1.29 is 24.2 Å². The third-order valence-corrected chi connectivity index (χ3v) is 7.07. The van der Waals surface area contributed by atoms with E-state index < -0.39 is 23.1 Å². The molecule has 0 radical (unpaired) electrons. The van der Waals surface area contributed by atoms with Crippen molar-refractivity contribution in [2.45, 2.75) is 48.9 Å². The van der Waals surface area contributed by atoms with Gasteiger partial charge in [-0.2, -0.15) is 0 Å². The van der Waals surface area contributed by atoms with Crippen molar-refractivity contribution in [2.24, 2.45) is 0 Å². The summed E-state index contributed by atoms with van der Waals surface area (Å²) in [5.41, 5.74) is 0.944. The van der Waals surface area contributed by atoms with Gasteiger partial charge in [0.05, 0.1) is 12.6 Å². The minimum Gasteiger partial charge on any atom is -0.484 e. The smallest absolute Gasteiger partial charge is 0.258 e. The first-order valence-electron chi connectivity index (χ1n) is 10.2. The van der Waals surface area contributed by atoms with Crippen LogP contribution in [0, 0.1) is 0 Å². The van der Waals surface area contributed by atoms with Gasteiger partial charge in [-0.05, 0) is 31.5 Å². The Bertz CT molecular complexity index is 924. The predicted molar refractivity (Wildman–Crippen MR) is 117 cm³/mol. The molecule has 2 aromatic rings. The van der Waals surface area contributed by atoms with Gasteiger partial charge in [0.25, 0.3) is 5.91 Å². The van der Waals surface area contributed by atoms with E-state index in [1.54, 1.807) is 28.8 Å². The summed E-state index contributed by atoms with van der Waals surface area (Å²) in [4.78, 5) is 26.7. The highest BCUT2D eigenvalue weighted by Crippen LogP contribution is 2.51. The Hall–Kier alpha value is -2.55. The van der Waals surface area contributed by atoms with Crippen molar-refractivity contribution in [3.05, 3.63) is 66.2 Å². The summed E-state index contributed by atoms with van der Waals surface area (Å²) in [6.07, 6.45) is -1.13. The maximum Gasteiger partial charge on any atom is 0.258 e. The molecule has 4 atom stereocenters. The zero-order valence-corrected chi connectivity index (χ0v) is 18.2. The summed E-state index contributed by atoms with van der Waals surface area (Å²) in [5.74, 6) is 0.0161. The Kier molecular flexibility index (Phi) is 6.22. The largest absolute Gasteiger partial charge is 0.484 e. The number of thioether (sulfide) groups is 1. The molecule has 0 aliphatic carbocycles. The minimum atomic E-state index is -1.13. The molecule has 2 aliphatic rings. The summed E-state index contributed by atoms with van der Waals surface area (Å²) in [6.45, 7) is 4.03. The quantitative estimate of drug-likeness (QED) is 0.481. The fourth-order valence-corrected chi connectivity index (χ4v) is 5.62. The van der Waals surface area contributed by atoms with Gasteiger partial charge in [-0.15, -0.1) is 11.8 Å². The van der Waals surface area contributed by atoms with E-state index in [2.05, 4.69) is 5.32 Å². The number of carbonyl (C=O) groups is 2. The van der Waals surface area contributed by atoms with Gasteiger partial charge in [0.15, 0.2) is 12.9 Å². The zero-order chi connectivity index (χ0) is 22.0. The van der Waals surface area contributed by atoms with E-state index in [0.717, 1.165) is 5.56 Å². The fraction of sp³-hybridized carbons (Fsp3) is 0.391. The molecule has 2 saturated heterocycles. The van der Waals surface area contributed by atoms with Crippen LogP contribution in [-0.2, 0) is 20.9 Å². The van der Waals surface area contributed by atoms with Gasteiger partial charge in [-0.1, -0.05) is 48.5 Å². The second kappa shape index (κ2) is 8.90. The van der Waals surface area contributed by atoms with Crippen molar-refractivity contribution in [1.29, 1.82) is 0 Å². The normalized spacial score (nSPS) is 24.8. The molecule has 0 spiro atoms. The third-order valence-electron chi connectivity index (χ3n) is 5.48. The van der Waals surface area contributed by atoms with Gasteiger partial charge < -0.3 is 24.8 Å². The van der Waals surface area contributed by atoms with Crippen LogP contribution in [-0.4, -0.2) is 56.9 Å². The standard InChI is InChI=1S/C23H26N2O5S/c1-23(2)19(22(28)30-13-15-9-5-3-6-10-15)25-20(27)18(21(25)31-23)24-17(26)14-29-16-11-7-4-8-12-16/h3-12,18-19,21-22,28H,13-14H2,1-2H3,(H,24,26)/t18-,19+,21-,22?/m1/s1. The Morgan fingerprint density at radius 2 is 1.81 bits per heavy atom. The number of aliphatic hydroxyl groups excluding tert-OH is 1. The van der Waals surface area contributed by atoms with E-state index >= 15 is 0 Å². The summed E-state index contributed by atoms with van der Waals surface area (Å²) in [7, 11) is 0. The summed E-state index contributed by atoms with van der Waals surface area (Å²) < 4.78 is 10.7. The SMILES string of the molecule is CC1(C)S[C@@H]2[C@H](NC(=O)COc3ccccc3)C(=O)N2[C@H]1C(O)OCc1ccccc1. The monoisotopic (exact) mass is 442 g/mol. The zero-order valence-electron chi connectivity index (χ0n) is 17.4. The number of benzene rings is 2. The summed E-state index contributed by atoms with van der Waals surface area (Å²) in [6, 6.07) is 17.5. The molecular formula is C23H26N2O5S. The number of aliphatic hydroxyl groups is 1. The average Bonchev–Trinajstić information content (AvgIpc) is 3.03. The Morgan fingerprint density at radius 3 is 2.48 bits per heavy atom. The molecule has 1 unspecified atom stereocenters. The molecule has 2 N–H and O–H groups in total. The third kappa shape index (κ3) is 4.56. The molecule has 31 heavy (non-hydrogen) atoms. The van der Waals surface area contributed by atoms with Crippen LogP contribution in [0.3, 0.4) is 0 Å². The van der Waals surface area contributed by atoms with Crippen LogP contribution in [0.4, 0.5) is 0 Å².